The van der Waals surface area contributed by atoms with Gasteiger partial charge < -0.3 is 5.73 Å². The van der Waals surface area contributed by atoms with E-state index >= 15 is 0 Å². The summed E-state index contributed by atoms with van der Waals surface area (Å²) in [5.74, 6) is 0. The van der Waals surface area contributed by atoms with Gasteiger partial charge in [0.15, 0.2) is 0 Å². The maximum Gasteiger partial charge on any atom is 0.0239 e. The van der Waals surface area contributed by atoms with Crippen LogP contribution in [0.3, 0.4) is 0 Å². The molecule has 1 aromatic rings. The summed E-state index contributed by atoms with van der Waals surface area (Å²) >= 11 is 0. The molecule has 0 aliphatic carbocycles. The van der Waals surface area contributed by atoms with Crippen molar-refractivity contribution in [3.05, 3.63) is 35.4 Å². The van der Waals surface area contributed by atoms with E-state index in [1.807, 2.05) is 0 Å². The van der Waals surface area contributed by atoms with E-state index in [1.54, 1.807) is 0 Å². The molecule has 0 heterocycles. The SMILES string of the molecule is CCC(CC)N(CC)Cc1ccccc1CN. The molecule has 0 amide bonds. The van der Waals surface area contributed by atoms with Gasteiger partial charge in [-0.15, -0.1) is 0 Å². The Hall–Kier alpha value is -0.860. The Morgan fingerprint density at radius 3 is 2.12 bits per heavy atom. The molecule has 17 heavy (non-hydrogen) atoms. The van der Waals surface area contributed by atoms with Gasteiger partial charge in [0.1, 0.15) is 0 Å². The molecular formula is C15H26N2. The molecule has 0 fully saturated rings. The summed E-state index contributed by atoms with van der Waals surface area (Å²) < 4.78 is 0. The average Bonchev–Trinajstić information content (AvgIpc) is 2.39. The van der Waals surface area contributed by atoms with E-state index in [2.05, 4.69) is 49.9 Å². The number of hydrogen-bond acceptors (Lipinski definition) is 2. The summed E-state index contributed by atoms with van der Waals surface area (Å²) in [7, 11) is 0. The molecule has 0 aromatic heterocycles. The number of rotatable bonds is 7. The molecular weight excluding hydrogens is 208 g/mol. The smallest absolute Gasteiger partial charge is 0.0239 e. The van der Waals surface area contributed by atoms with Gasteiger partial charge in [-0.2, -0.15) is 0 Å². The lowest BCUT2D eigenvalue weighted by Crippen LogP contribution is -2.34. The first-order valence-corrected chi connectivity index (χ1v) is 6.77. The van der Waals surface area contributed by atoms with Crippen molar-refractivity contribution in [2.45, 2.75) is 52.7 Å². The molecule has 2 N–H and O–H groups in total. The molecule has 0 bridgehead atoms. The van der Waals surface area contributed by atoms with Gasteiger partial charge >= 0.3 is 0 Å². The van der Waals surface area contributed by atoms with Gasteiger partial charge in [0, 0.05) is 19.1 Å². The van der Waals surface area contributed by atoms with E-state index in [-0.39, 0.29) is 0 Å². The number of nitrogens with two attached hydrogens (primary N) is 1. The Labute approximate surface area is 106 Å². The molecule has 0 spiro atoms. The van der Waals surface area contributed by atoms with Crippen LogP contribution < -0.4 is 5.73 Å². The molecule has 0 unspecified atom stereocenters. The molecule has 0 saturated carbocycles. The summed E-state index contributed by atoms with van der Waals surface area (Å²) in [6.45, 7) is 9.54. The second kappa shape index (κ2) is 7.46. The highest BCUT2D eigenvalue weighted by molar-refractivity contribution is 5.26. The molecule has 0 aliphatic rings. The lowest BCUT2D eigenvalue weighted by Gasteiger charge is -2.29. The molecule has 0 atom stereocenters. The Morgan fingerprint density at radius 1 is 1.06 bits per heavy atom. The van der Waals surface area contributed by atoms with Crippen LogP contribution in [0.2, 0.25) is 0 Å². The van der Waals surface area contributed by atoms with Crippen molar-refractivity contribution in [2.24, 2.45) is 5.73 Å². The molecule has 0 aliphatic heterocycles. The quantitative estimate of drug-likeness (QED) is 0.785. The van der Waals surface area contributed by atoms with E-state index in [0.717, 1.165) is 13.1 Å². The Bertz CT molecular complexity index is 318. The Morgan fingerprint density at radius 2 is 1.65 bits per heavy atom. The summed E-state index contributed by atoms with van der Waals surface area (Å²) in [6, 6.07) is 9.20. The second-order valence-electron chi connectivity index (χ2n) is 4.51. The number of benzene rings is 1. The van der Waals surface area contributed by atoms with Gasteiger partial charge in [-0.25, -0.2) is 0 Å². The zero-order chi connectivity index (χ0) is 12.7. The van der Waals surface area contributed by atoms with Gasteiger partial charge in [-0.05, 0) is 30.5 Å². The van der Waals surface area contributed by atoms with Crippen molar-refractivity contribution < 1.29 is 0 Å². The standard InChI is InChI=1S/C15H26N2/c1-4-15(5-2)17(6-3)12-14-10-8-7-9-13(14)11-16/h7-10,15H,4-6,11-12,16H2,1-3H3. The van der Waals surface area contributed by atoms with Crippen molar-refractivity contribution in [3.63, 3.8) is 0 Å². The van der Waals surface area contributed by atoms with Crippen molar-refractivity contribution in [3.8, 4) is 0 Å². The van der Waals surface area contributed by atoms with Crippen LogP contribution in [0.1, 0.15) is 44.7 Å². The van der Waals surface area contributed by atoms with Crippen molar-refractivity contribution in [1.82, 2.24) is 4.90 Å². The first-order chi connectivity index (χ1) is 8.26. The summed E-state index contributed by atoms with van der Waals surface area (Å²) in [6.07, 6.45) is 2.43. The molecule has 0 saturated heterocycles. The van der Waals surface area contributed by atoms with E-state index in [4.69, 9.17) is 5.73 Å². The second-order valence-corrected chi connectivity index (χ2v) is 4.51. The zero-order valence-corrected chi connectivity index (χ0v) is 11.4. The Balaban J connectivity index is 2.79. The van der Waals surface area contributed by atoms with Crippen LogP contribution in [0.4, 0.5) is 0 Å². The minimum absolute atomic E-state index is 0.636. The monoisotopic (exact) mass is 234 g/mol. The van der Waals surface area contributed by atoms with Crippen LogP contribution >= 0.6 is 0 Å². The summed E-state index contributed by atoms with van der Waals surface area (Å²) in [5.41, 5.74) is 8.44. The first kappa shape index (κ1) is 14.2. The topological polar surface area (TPSA) is 29.3 Å². The van der Waals surface area contributed by atoms with Crippen LogP contribution in [0.15, 0.2) is 24.3 Å². The lowest BCUT2D eigenvalue weighted by molar-refractivity contribution is 0.186. The minimum atomic E-state index is 0.636. The molecule has 1 aromatic carbocycles. The van der Waals surface area contributed by atoms with Gasteiger partial charge in [0.05, 0.1) is 0 Å². The third-order valence-corrected chi connectivity index (χ3v) is 3.58. The summed E-state index contributed by atoms with van der Waals surface area (Å²) in [5, 5.41) is 0. The third-order valence-electron chi connectivity index (χ3n) is 3.58. The average molecular weight is 234 g/mol. The van der Waals surface area contributed by atoms with Crippen LogP contribution in [-0.4, -0.2) is 17.5 Å². The number of nitrogens with zero attached hydrogens (tertiary/aromatic N) is 1. The highest BCUT2D eigenvalue weighted by Gasteiger charge is 2.14. The van der Waals surface area contributed by atoms with Gasteiger partial charge in [-0.3, -0.25) is 4.90 Å². The summed E-state index contributed by atoms with van der Waals surface area (Å²) in [4.78, 5) is 2.55. The van der Waals surface area contributed by atoms with E-state index in [0.29, 0.717) is 12.6 Å². The van der Waals surface area contributed by atoms with Gasteiger partial charge in [0.2, 0.25) is 0 Å². The highest BCUT2D eigenvalue weighted by Crippen LogP contribution is 2.16. The predicted octanol–water partition coefficient (Wildman–Crippen LogP) is 3.16. The largest absolute Gasteiger partial charge is 0.326 e. The fourth-order valence-electron chi connectivity index (χ4n) is 2.43. The lowest BCUT2D eigenvalue weighted by atomic mass is 10.0. The normalized spacial score (nSPS) is 11.4. The third kappa shape index (κ3) is 3.83. The van der Waals surface area contributed by atoms with Gasteiger partial charge in [-0.1, -0.05) is 45.0 Å². The first-order valence-electron chi connectivity index (χ1n) is 6.77. The Kier molecular flexibility index (Phi) is 6.23. The van der Waals surface area contributed by atoms with Crippen LogP contribution in [0, 0.1) is 0 Å². The van der Waals surface area contributed by atoms with Crippen LogP contribution in [-0.2, 0) is 13.1 Å². The van der Waals surface area contributed by atoms with Crippen molar-refractivity contribution >= 4 is 0 Å². The van der Waals surface area contributed by atoms with E-state index < -0.39 is 0 Å². The van der Waals surface area contributed by atoms with Crippen LogP contribution in [0.5, 0.6) is 0 Å². The molecule has 96 valence electrons. The van der Waals surface area contributed by atoms with Crippen LogP contribution in [0.25, 0.3) is 0 Å². The molecule has 0 radical (unpaired) electrons. The minimum Gasteiger partial charge on any atom is -0.326 e. The fourth-order valence-corrected chi connectivity index (χ4v) is 2.43. The van der Waals surface area contributed by atoms with E-state index in [1.165, 1.54) is 24.0 Å². The maximum absolute atomic E-state index is 5.79. The maximum atomic E-state index is 5.79. The van der Waals surface area contributed by atoms with Crippen molar-refractivity contribution in [2.75, 3.05) is 6.54 Å². The molecule has 2 heteroatoms. The highest BCUT2D eigenvalue weighted by atomic mass is 15.1. The number of hydrogen-bond donors (Lipinski definition) is 1. The fraction of sp³-hybridized carbons (Fsp3) is 0.600. The van der Waals surface area contributed by atoms with Crippen molar-refractivity contribution in [1.29, 1.82) is 0 Å². The zero-order valence-electron chi connectivity index (χ0n) is 11.4. The molecule has 2 nitrogen and oxygen atoms in total. The predicted molar refractivity (Wildman–Crippen MR) is 74.8 cm³/mol. The van der Waals surface area contributed by atoms with Gasteiger partial charge in [0.25, 0.3) is 0 Å². The van der Waals surface area contributed by atoms with E-state index in [9.17, 15) is 0 Å². The molecule has 1 rings (SSSR count).